The Labute approximate surface area is 204 Å². The molecule has 1 unspecified atom stereocenters. The summed E-state index contributed by atoms with van der Waals surface area (Å²) in [7, 11) is 0. The van der Waals surface area contributed by atoms with Gasteiger partial charge < -0.3 is 8.98 Å². The predicted molar refractivity (Wildman–Crippen MR) is 131 cm³/mol. The van der Waals surface area contributed by atoms with Crippen LogP contribution in [0.3, 0.4) is 0 Å². The van der Waals surface area contributed by atoms with Crippen molar-refractivity contribution in [2.75, 3.05) is 0 Å². The van der Waals surface area contributed by atoms with Crippen molar-refractivity contribution in [3.8, 4) is 11.6 Å². The standard InChI is InChI=1S/C26H20FN5O2S/c1-16-28-29-26(34-16)23-13-18-5-2-3-6-21(18)31(23)15-25(33)32-22(17-8-10-19(27)11-9-17)14-20(30-32)24-7-4-12-35-24/h2-13,22H,14-15H2,1H3. The maximum Gasteiger partial charge on any atom is 0.264 e. The highest BCUT2D eigenvalue weighted by Gasteiger charge is 2.34. The summed E-state index contributed by atoms with van der Waals surface area (Å²) < 4.78 is 21.2. The first kappa shape index (κ1) is 21.4. The van der Waals surface area contributed by atoms with E-state index in [2.05, 4.69) is 10.2 Å². The molecule has 0 radical (unpaired) electrons. The van der Waals surface area contributed by atoms with Gasteiger partial charge in [0.05, 0.1) is 16.6 Å². The van der Waals surface area contributed by atoms with Crippen LogP contribution in [0.5, 0.6) is 0 Å². The highest BCUT2D eigenvalue weighted by Crippen LogP contribution is 2.35. The lowest BCUT2D eigenvalue weighted by molar-refractivity contribution is -0.133. The van der Waals surface area contributed by atoms with Crippen molar-refractivity contribution in [3.63, 3.8) is 0 Å². The molecule has 35 heavy (non-hydrogen) atoms. The Morgan fingerprint density at radius 1 is 1.11 bits per heavy atom. The lowest BCUT2D eigenvalue weighted by Crippen LogP contribution is -2.30. The van der Waals surface area contributed by atoms with Gasteiger partial charge in [-0.3, -0.25) is 4.79 Å². The third kappa shape index (κ3) is 3.93. The van der Waals surface area contributed by atoms with E-state index in [1.165, 1.54) is 17.1 Å². The number of para-hydroxylation sites is 1. The molecule has 2 aromatic carbocycles. The first-order valence-electron chi connectivity index (χ1n) is 11.1. The van der Waals surface area contributed by atoms with E-state index in [1.54, 1.807) is 30.4 Å². The van der Waals surface area contributed by atoms with Gasteiger partial charge in [-0.15, -0.1) is 21.5 Å². The van der Waals surface area contributed by atoms with Crippen LogP contribution in [0.25, 0.3) is 22.5 Å². The Bertz CT molecular complexity index is 1550. The zero-order valence-corrected chi connectivity index (χ0v) is 19.6. The van der Waals surface area contributed by atoms with Gasteiger partial charge in [0.15, 0.2) is 0 Å². The summed E-state index contributed by atoms with van der Waals surface area (Å²) in [6, 6.07) is 19.6. The Kier molecular flexibility index (Phi) is 5.26. The number of hydrogen-bond donors (Lipinski definition) is 0. The molecule has 1 aliphatic rings. The number of amides is 1. The average Bonchev–Trinajstić information content (AvgIpc) is 3.66. The van der Waals surface area contributed by atoms with Crippen molar-refractivity contribution < 1.29 is 13.6 Å². The molecule has 0 spiro atoms. The van der Waals surface area contributed by atoms with Crippen molar-refractivity contribution in [1.82, 2.24) is 19.8 Å². The molecule has 1 amide bonds. The first-order chi connectivity index (χ1) is 17.1. The van der Waals surface area contributed by atoms with Crippen LogP contribution in [0.15, 0.2) is 81.6 Å². The fourth-order valence-electron chi connectivity index (χ4n) is 4.44. The topological polar surface area (TPSA) is 76.5 Å². The average molecular weight is 486 g/mol. The summed E-state index contributed by atoms with van der Waals surface area (Å²) >= 11 is 1.58. The second kappa shape index (κ2) is 8.59. The van der Waals surface area contributed by atoms with Gasteiger partial charge in [0, 0.05) is 24.2 Å². The molecule has 0 fully saturated rings. The quantitative estimate of drug-likeness (QED) is 0.326. The zero-order valence-electron chi connectivity index (χ0n) is 18.8. The molecule has 0 N–H and O–H groups in total. The minimum absolute atomic E-state index is 0.0309. The Hall–Kier alpha value is -4.11. The van der Waals surface area contributed by atoms with Crippen LogP contribution < -0.4 is 0 Å². The largest absolute Gasteiger partial charge is 0.420 e. The summed E-state index contributed by atoms with van der Waals surface area (Å²) in [6.07, 6.45) is 0.556. The molecule has 5 aromatic rings. The number of benzene rings is 2. The predicted octanol–water partition coefficient (Wildman–Crippen LogP) is 5.58. The number of aromatic nitrogens is 3. The van der Waals surface area contributed by atoms with Crippen LogP contribution >= 0.6 is 11.3 Å². The molecule has 3 aromatic heterocycles. The zero-order chi connectivity index (χ0) is 23.9. The van der Waals surface area contributed by atoms with E-state index >= 15 is 0 Å². The van der Waals surface area contributed by atoms with Gasteiger partial charge in [-0.05, 0) is 41.3 Å². The minimum Gasteiger partial charge on any atom is -0.420 e. The maximum atomic E-state index is 13.8. The summed E-state index contributed by atoms with van der Waals surface area (Å²) in [5.41, 5.74) is 3.22. The Balaban J connectivity index is 1.40. The Morgan fingerprint density at radius 3 is 2.69 bits per heavy atom. The SMILES string of the molecule is Cc1nnc(-c2cc3ccccc3n2CC(=O)N2N=C(c3cccs3)CC2c2ccc(F)cc2)o1. The van der Waals surface area contributed by atoms with Gasteiger partial charge in [-0.2, -0.15) is 5.10 Å². The third-order valence-corrected chi connectivity index (χ3v) is 6.99. The van der Waals surface area contributed by atoms with Gasteiger partial charge in [0.1, 0.15) is 18.1 Å². The number of halogens is 1. The fraction of sp³-hybridized carbons (Fsp3) is 0.154. The van der Waals surface area contributed by atoms with Gasteiger partial charge in [0.25, 0.3) is 11.8 Å². The lowest BCUT2D eigenvalue weighted by Gasteiger charge is -2.23. The van der Waals surface area contributed by atoms with Crippen molar-refractivity contribution in [2.45, 2.75) is 25.9 Å². The van der Waals surface area contributed by atoms with Gasteiger partial charge in [-0.25, -0.2) is 9.40 Å². The number of rotatable bonds is 5. The summed E-state index contributed by atoms with van der Waals surface area (Å²) in [5.74, 6) is 0.294. The van der Waals surface area contributed by atoms with Gasteiger partial charge >= 0.3 is 0 Å². The molecule has 4 heterocycles. The van der Waals surface area contributed by atoms with E-state index < -0.39 is 0 Å². The molecule has 9 heteroatoms. The molecular formula is C26H20FN5O2S. The number of hydrazone groups is 1. The molecule has 174 valence electrons. The van der Waals surface area contributed by atoms with Crippen LogP contribution in [0.2, 0.25) is 0 Å². The smallest absolute Gasteiger partial charge is 0.264 e. The van der Waals surface area contributed by atoms with E-state index in [9.17, 15) is 9.18 Å². The number of thiophene rings is 1. The maximum absolute atomic E-state index is 13.8. The molecule has 1 aliphatic heterocycles. The fourth-order valence-corrected chi connectivity index (χ4v) is 5.16. The highest BCUT2D eigenvalue weighted by atomic mass is 32.1. The van der Waals surface area contributed by atoms with Gasteiger partial charge in [-0.1, -0.05) is 36.4 Å². The van der Waals surface area contributed by atoms with Crippen LogP contribution in [-0.2, 0) is 11.3 Å². The summed E-state index contributed by atoms with van der Waals surface area (Å²) in [4.78, 5) is 14.8. The lowest BCUT2D eigenvalue weighted by atomic mass is 10.0. The number of hydrogen-bond acceptors (Lipinski definition) is 6. The second-order valence-corrected chi connectivity index (χ2v) is 9.28. The molecule has 0 bridgehead atoms. The minimum atomic E-state index is -0.323. The summed E-state index contributed by atoms with van der Waals surface area (Å²) in [5, 5.41) is 17.3. The van der Waals surface area contributed by atoms with Gasteiger partial charge in [0.2, 0.25) is 5.89 Å². The van der Waals surface area contributed by atoms with E-state index in [1.807, 2.05) is 52.4 Å². The monoisotopic (exact) mass is 485 g/mol. The van der Waals surface area contributed by atoms with E-state index in [4.69, 9.17) is 9.52 Å². The summed E-state index contributed by atoms with van der Waals surface area (Å²) in [6.45, 7) is 1.76. The number of fused-ring (bicyclic) bond motifs is 1. The molecule has 6 rings (SSSR count). The van der Waals surface area contributed by atoms with Crippen LogP contribution in [0, 0.1) is 12.7 Å². The van der Waals surface area contributed by atoms with Crippen molar-refractivity contribution in [3.05, 3.63) is 94.3 Å². The van der Waals surface area contributed by atoms with Crippen molar-refractivity contribution in [2.24, 2.45) is 5.10 Å². The van der Waals surface area contributed by atoms with Crippen LogP contribution in [0.1, 0.15) is 28.8 Å². The third-order valence-electron chi connectivity index (χ3n) is 6.08. The van der Waals surface area contributed by atoms with Crippen LogP contribution in [0.4, 0.5) is 4.39 Å². The molecule has 7 nitrogen and oxygen atoms in total. The van der Waals surface area contributed by atoms with E-state index in [0.29, 0.717) is 23.9 Å². The first-order valence-corrected chi connectivity index (χ1v) is 12.0. The molecule has 0 aliphatic carbocycles. The number of carbonyl (C=O) groups excluding carboxylic acids is 1. The second-order valence-electron chi connectivity index (χ2n) is 8.33. The Morgan fingerprint density at radius 2 is 1.94 bits per heavy atom. The number of nitrogens with zero attached hydrogens (tertiary/aromatic N) is 5. The van der Waals surface area contributed by atoms with E-state index in [0.717, 1.165) is 27.1 Å². The number of carbonyl (C=O) groups is 1. The molecular weight excluding hydrogens is 465 g/mol. The molecule has 0 saturated heterocycles. The number of aryl methyl sites for hydroxylation is 1. The highest BCUT2D eigenvalue weighted by molar-refractivity contribution is 7.12. The molecule has 1 atom stereocenters. The van der Waals surface area contributed by atoms with Crippen molar-refractivity contribution >= 4 is 33.9 Å². The van der Waals surface area contributed by atoms with Crippen LogP contribution in [-0.4, -0.2) is 31.4 Å². The normalized spacial score (nSPS) is 15.7. The molecule has 0 saturated carbocycles. The van der Waals surface area contributed by atoms with E-state index in [-0.39, 0.29) is 24.3 Å². The van der Waals surface area contributed by atoms with Crippen molar-refractivity contribution in [1.29, 1.82) is 0 Å².